The zero-order valence-corrected chi connectivity index (χ0v) is 10.2. The normalized spacial score (nSPS) is 20.8. The standard InChI is InChI=1S/C14H18N2O/c1-16-7-3-5-13(10-16)11-17-14-6-2-4-12(8-14)9-15/h2,4,6,8,13H,3,5,7,10-11H2,1H3. The minimum atomic E-state index is 0.611. The Labute approximate surface area is 103 Å². The molecule has 3 heteroatoms. The molecule has 1 unspecified atom stereocenters. The third kappa shape index (κ3) is 3.47. The van der Waals surface area contributed by atoms with Crippen molar-refractivity contribution < 1.29 is 4.74 Å². The van der Waals surface area contributed by atoms with Gasteiger partial charge in [0.15, 0.2) is 0 Å². The van der Waals surface area contributed by atoms with Gasteiger partial charge in [-0.3, -0.25) is 0 Å². The van der Waals surface area contributed by atoms with E-state index in [1.165, 1.54) is 19.4 Å². The zero-order chi connectivity index (χ0) is 12.1. The van der Waals surface area contributed by atoms with E-state index in [1.807, 2.05) is 12.1 Å². The van der Waals surface area contributed by atoms with Crippen LogP contribution >= 0.6 is 0 Å². The lowest BCUT2D eigenvalue weighted by molar-refractivity contribution is 0.150. The molecule has 0 aromatic heterocycles. The molecular weight excluding hydrogens is 212 g/mol. The monoisotopic (exact) mass is 230 g/mol. The van der Waals surface area contributed by atoms with Crippen molar-refractivity contribution in [2.75, 3.05) is 26.7 Å². The highest BCUT2D eigenvalue weighted by atomic mass is 16.5. The Bertz CT molecular complexity index is 411. The van der Waals surface area contributed by atoms with Gasteiger partial charge in [-0.25, -0.2) is 0 Å². The van der Waals surface area contributed by atoms with Gasteiger partial charge in [0.1, 0.15) is 5.75 Å². The van der Waals surface area contributed by atoms with Crippen molar-refractivity contribution in [3.8, 4) is 11.8 Å². The van der Waals surface area contributed by atoms with E-state index in [1.54, 1.807) is 12.1 Å². The predicted molar refractivity (Wildman–Crippen MR) is 66.9 cm³/mol. The average molecular weight is 230 g/mol. The van der Waals surface area contributed by atoms with Crippen LogP contribution in [-0.4, -0.2) is 31.6 Å². The van der Waals surface area contributed by atoms with Crippen LogP contribution in [0.4, 0.5) is 0 Å². The molecule has 1 atom stereocenters. The van der Waals surface area contributed by atoms with Crippen LogP contribution in [0.1, 0.15) is 18.4 Å². The Morgan fingerprint density at radius 3 is 3.18 bits per heavy atom. The highest BCUT2D eigenvalue weighted by molar-refractivity contribution is 5.36. The van der Waals surface area contributed by atoms with Gasteiger partial charge in [0.05, 0.1) is 18.2 Å². The lowest BCUT2D eigenvalue weighted by atomic mass is 10.00. The fourth-order valence-electron chi connectivity index (χ4n) is 2.28. The molecule has 1 aromatic carbocycles. The van der Waals surface area contributed by atoms with Crippen LogP contribution in [0.15, 0.2) is 24.3 Å². The number of likely N-dealkylation sites (tertiary alicyclic amines) is 1. The second-order valence-electron chi connectivity index (χ2n) is 4.72. The molecule has 1 aliphatic heterocycles. The second kappa shape index (κ2) is 5.70. The Morgan fingerprint density at radius 1 is 1.53 bits per heavy atom. The molecule has 0 radical (unpaired) electrons. The molecule has 90 valence electrons. The van der Waals surface area contributed by atoms with E-state index >= 15 is 0 Å². The number of ether oxygens (including phenoxy) is 1. The molecule has 1 saturated heterocycles. The lowest BCUT2D eigenvalue weighted by Gasteiger charge is -2.29. The van der Waals surface area contributed by atoms with Crippen LogP contribution in [0.25, 0.3) is 0 Å². The van der Waals surface area contributed by atoms with Gasteiger partial charge >= 0.3 is 0 Å². The lowest BCUT2D eigenvalue weighted by Crippen LogP contribution is -2.34. The summed E-state index contributed by atoms with van der Waals surface area (Å²) in [5.41, 5.74) is 0.656. The van der Waals surface area contributed by atoms with Crippen molar-refractivity contribution >= 4 is 0 Å². The van der Waals surface area contributed by atoms with Crippen LogP contribution < -0.4 is 4.74 Å². The summed E-state index contributed by atoms with van der Waals surface area (Å²) in [5.74, 6) is 1.41. The van der Waals surface area contributed by atoms with E-state index in [4.69, 9.17) is 10.00 Å². The number of hydrogen-bond acceptors (Lipinski definition) is 3. The van der Waals surface area contributed by atoms with Crippen LogP contribution in [-0.2, 0) is 0 Å². The van der Waals surface area contributed by atoms with Gasteiger partial charge in [0.2, 0.25) is 0 Å². The summed E-state index contributed by atoms with van der Waals surface area (Å²) in [5, 5.41) is 8.80. The van der Waals surface area contributed by atoms with E-state index in [0.29, 0.717) is 11.5 Å². The van der Waals surface area contributed by atoms with E-state index in [-0.39, 0.29) is 0 Å². The molecule has 1 heterocycles. The first-order chi connectivity index (χ1) is 8.28. The van der Waals surface area contributed by atoms with E-state index in [9.17, 15) is 0 Å². The van der Waals surface area contributed by atoms with E-state index in [2.05, 4.69) is 18.0 Å². The first kappa shape index (κ1) is 11.9. The number of hydrogen-bond donors (Lipinski definition) is 0. The molecule has 0 N–H and O–H groups in total. The fraction of sp³-hybridized carbons (Fsp3) is 0.500. The molecule has 0 spiro atoms. The van der Waals surface area contributed by atoms with Crippen molar-refractivity contribution in [2.24, 2.45) is 5.92 Å². The molecule has 1 fully saturated rings. The second-order valence-corrected chi connectivity index (χ2v) is 4.72. The number of benzene rings is 1. The van der Waals surface area contributed by atoms with Gasteiger partial charge in [-0.1, -0.05) is 6.07 Å². The Morgan fingerprint density at radius 2 is 2.41 bits per heavy atom. The number of nitrogens with zero attached hydrogens (tertiary/aromatic N) is 2. The first-order valence-electron chi connectivity index (χ1n) is 6.09. The highest BCUT2D eigenvalue weighted by Gasteiger charge is 2.17. The van der Waals surface area contributed by atoms with Crippen LogP contribution in [0, 0.1) is 17.2 Å². The number of nitriles is 1. The van der Waals surface area contributed by atoms with E-state index in [0.717, 1.165) is 18.9 Å². The highest BCUT2D eigenvalue weighted by Crippen LogP contribution is 2.18. The van der Waals surface area contributed by atoms with Crippen molar-refractivity contribution in [1.82, 2.24) is 4.90 Å². The summed E-state index contributed by atoms with van der Waals surface area (Å²) in [7, 11) is 2.16. The van der Waals surface area contributed by atoms with E-state index < -0.39 is 0 Å². The minimum Gasteiger partial charge on any atom is -0.493 e. The maximum Gasteiger partial charge on any atom is 0.120 e. The molecule has 1 aliphatic rings. The fourth-order valence-corrected chi connectivity index (χ4v) is 2.28. The third-order valence-corrected chi connectivity index (χ3v) is 3.17. The molecular formula is C14H18N2O. The van der Waals surface area contributed by atoms with Crippen LogP contribution in [0.5, 0.6) is 5.75 Å². The molecule has 0 bridgehead atoms. The summed E-state index contributed by atoms with van der Waals surface area (Å²) in [6.07, 6.45) is 2.49. The summed E-state index contributed by atoms with van der Waals surface area (Å²) in [6.45, 7) is 3.05. The maximum absolute atomic E-state index is 8.80. The number of piperidine rings is 1. The quantitative estimate of drug-likeness (QED) is 0.799. The van der Waals surface area contributed by atoms with Gasteiger partial charge in [-0.05, 0) is 44.6 Å². The van der Waals surface area contributed by atoms with Gasteiger partial charge < -0.3 is 9.64 Å². The van der Waals surface area contributed by atoms with Crippen molar-refractivity contribution in [2.45, 2.75) is 12.8 Å². The molecule has 0 aliphatic carbocycles. The Hall–Kier alpha value is -1.53. The largest absolute Gasteiger partial charge is 0.493 e. The maximum atomic E-state index is 8.80. The molecule has 3 nitrogen and oxygen atoms in total. The van der Waals surface area contributed by atoms with Gasteiger partial charge in [-0.15, -0.1) is 0 Å². The van der Waals surface area contributed by atoms with Crippen LogP contribution in [0.2, 0.25) is 0 Å². The van der Waals surface area contributed by atoms with Gasteiger partial charge in [-0.2, -0.15) is 5.26 Å². The van der Waals surface area contributed by atoms with Crippen LogP contribution in [0.3, 0.4) is 0 Å². The average Bonchev–Trinajstić information content (AvgIpc) is 2.37. The summed E-state index contributed by atoms with van der Waals surface area (Å²) >= 11 is 0. The van der Waals surface area contributed by atoms with Gasteiger partial charge in [0.25, 0.3) is 0 Å². The molecule has 1 aromatic rings. The Balaban J connectivity index is 1.87. The summed E-state index contributed by atoms with van der Waals surface area (Å²) in [6, 6.07) is 9.49. The summed E-state index contributed by atoms with van der Waals surface area (Å²) in [4.78, 5) is 2.35. The first-order valence-corrected chi connectivity index (χ1v) is 6.09. The van der Waals surface area contributed by atoms with Crippen molar-refractivity contribution in [3.63, 3.8) is 0 Å². The molecule has 0 amide bonds. The smallest absolute Gasteiger partial charge is 0.120 e. The minimum absolute atomic E-state index is 0.611. The third-order valence-electron chi connectivity index (χ3n) is 3.17. The zero-order valence-electron chi connectivity index (χ0n) is 10.2. The summed E-state index contributed by atoms with van der Waals surface area (Å²) < 4.78 is 5.76. The Kier molecular flexibility index (Phi) is 4.00. The molecule has 17 heavy (non-hydrogen) atoms. The topological polar surface area (TPSA) is 36.3 Å². The van der Waals surface area contributed by atoms with Crippen molar-refractivity contribution in [3.05, 3.63) is 29.8 Å². The predicted octanol–water partition coefficient (Wildman–Crippen LogP) is 2.28. The van der Waals surface area contributed by atoms with Gasteiger partial charge in [0, 0.05) is 12.5 Å². The number of rotatable bonds is 3. The molecule has 2 rings (SSSR count). The SMILES string of the molecule is CN1CCCC(COc2cccc(C#N)c2)C1. The molecule has 0 saturated carbocycles. The van der Waals surface area contributed by atoms with Crippen molar-refractivity contribution in [1.29, 1.82) is 5.26 Å².